The van der Waals surface area contributed by atoms with Gasteiger partial charge in [0.05, 0.1) is 24.3 Å². The maximum absolute atomic E-state index is 12.4. The van der Waals surface area contributed by atoms with Gasteiger partial charge in [0.1, 0.15) is 11.9 Å². The van der Waals surface area contributed by atoms with Gasteiger partial charge in [0.2, 0.25) is 5.91 Å². The van der Waals surface area contributed by atoms with Crippen LogP contribution in [0.4, 0.5) is 5.69 Å². The highest BCUT2D eigenvalue weighted by molar-refractivity contribution is 6.31. The van der Waals surface area contributed by atoms with Gasteiger partial charge in [-0.25, -0.2) is 4.79 Å². The van der Waals surface area contributed by atoms with Crippen LogP contribution in [0.5, 0.6) is 5.75 Å². The molecule has 1 atom stereocenters. The average molecular weight is 378 g/mol. The molecule has 2 N–H and O–H groups in total. The lowest BCUT2D eigenvalue weighted by molar-refractivity contribution is -0.115. The molecule has 1 unspecified atom stereocenters. The zero-order valence-electron chi connectivity index (χ0n) is 14.5. The van der Waals surface area contributed by atoms with Gasteiger partial charge in [0.15, 0.2) is 0 Å². The molecule has 1 amide bonds. The molecule has 0 fully saturated rings. The summed E-state index contributed by atoms with van der Waals surface area (Å²) < 4.78 is 10.8. The van der Waals surface area contributed by atoms with Crippen molar-refractivity contribution >= 4 is 29.2 Å². The summed E-state index contributed by atoms with van der Waals surface area (Å²) >= 11 is 6.02. The fourth-order valence-corrected chi connectivity index (χ4v) is 2.55. The van der Waals surface area contributed by atoms with Gasteiger partial charge in [-0.3, -0.25) is 4.79 Å². The van der Waals surface area contributed by atoms with E-state index in [0.29, 0.717) is 28.6 Å². The van der Waals surface area contributed by atoms with E-state index >= 15 is 0 Å². The lowest BCUT2D eigenvalue weighted by atomic mass is 10.1. The third-order valence-electron chi connectivity index (χ3n) is 3.48. The highest BCUT2D eigenvalue weighted by atomic mass is 35.5. The SMILES string of the molecule is COCC(C)Oc1ccc(Cl)cc1NC(=O)Cc1cccc(C(=O)O)c1. The Morgan fingerprint density at radius 3 is 2.69 bits per heavy atom. The Hall–Kier alpha value is -2.57. The summed E-state index contributed by atoms with van der Waals surface area (Å²) in [5, 5.41) is 12.2. The molecule has 0 saturated heterocycles. The molecule has 138 valence electrons. The number of ether oxygens (including phenoxy) is 2. The highest BCUT2D eigenvalue weighted by Gasteiger charge is 2.13. The molecule has 0 heterocycles. The molecule has 0 aromatic heterocycles. The van der Waals surface area contributed by atoms with Gasteiger partial charge in [0.25, 0.3) is 0 Å². The first-order valence-corrected chi connectivity index (χ1v) is 8.34. The number of carboxylic acids is 1. The van der Waals surface area contributed by atoms with Crippen molar-refractivity contribution in [3.63, 3.8) is 0 Å². The summed E-state index contributed by atoms with van der Waals surface area (Å²) in [5.41, 5.74) is 1.18. The van der Waals surface area contributed by atoms with Crippen molar-refractivity contribution < 1.29 is 24.2 Å². The molecule has 2 rings (SSSR count). The quantitative estimate of drug-likeness (QED) is 0.733. The summed E-state index contributed by atoms with van der Waals surface area (Å²) in [6, 6.07) is 11.2. The zero-order valence-corrected chi connectivity index (χ0v) is 15.2. The zero-order chi connectivity index (χ0) is 19.1. The number of carboxylic acid groups (broad SMARTS) is 1. The third-order valence-corrected chi connectivity index (χ3v) is 3.72. The minimum atomic E-state index is -1.04. The van der Waals surface area contributed by atoms with Crippen molar-refractivity contribution in [3.8, 4) is 5.75 Å². The van der Waals surface area contributed by atoms with Crippen LogP contribution in [0.2, 0.25) is 5.02 Å². The van der Waals surface area contributed by atoms with Crippen molar-refractivity contribution in [2.24, 2.45) is 0 Å². The maximum atomic E-state index is 12.4. The Morgan fingerprint density at radius 2 is 2.00 bits per heavy atom. The molecular weight excluding hydrogens is 358 g/mol. The smallest absolute Gasteiger partial charge is 0.335 e. The van der Waals surface area contributed by atoms with Crippen LogP contribution in [0.25, 0.3) is 0 Å². The Labute approximate surface area is 156 Å². The van der Waals surface area contributed by atoms with Crippen LogP contribution in [0.1, 0.15) is 22.8 Å². The molecule has 6 nitrogen and oxygen atoms in total. The second-order valence-electron chi connectivity index (χ2n) is 5.75. The van der Waals surface area contributed by atoms with Crippen molar-refractivity contribution in [1.82, 2.24) is 0 Å². The summed E-state index contributed by atoms with van der Waals surface area (Å²) in [5.74, 6) is -0.865. The van der Waals surface area contributed by atoms with E-state index in [1.807, 2.05) is 6.92 Å². The van der Waals surface area contributed by atoms with Crippen LogP contribution in [0.3, 0.4) is 0 Å². The molecule has 0 radical (unpaired) electrons. The van der Waals surface area contributed by atoms with Gasteiger partial charge in [0, 0.05) is 12.1 Å². The Bertz CT molecular complexity index is 793. The van der Waals surface area contributed by atoms with E-state index in [1.165, 1.54) is 12.1 Å². The van der Waals surface area contributed by atoms with Crippen molar-refractivity contribution in [3.05, 3.63) is 58.6 Å². The van der Waals surface area contributed by atoms with E-state index in [0.717, 1.165) is 0 Å². The lowest BCUT2D eigenvalue weighted by Crippen LogP contribution is -2.20. The van der Waals surface area contributed by atoms with Crippen LogP contribution in [0.15, 0.2) is 42.5 Å². The molecular formula is C19H20ClNO5. The number of hydrogen-bond acceptors (Lipinski definition) is 4. The van der Waals surface area contributed by atoms with Gasteiger partial charge in [-0.15, -0.1) is 0 Å². The standard InChI is InChI=1S/C19H20ClNO5/c1-12(11-25-2)26-17-7-6-15(20)10-16(17)21-18(22)9-13-4-3-5-14(8-13)19(23)24/h3-8,10,12H,9,11H2,1-2H3,(H,21,22)(H,23,24). The summed E-state index contributed by atoms with van der Waals surface area (Å²) in [7, 11) is 1.58. The first-order chi connectivity index (χ1) is 12.4. The van der Waals surface area contributed by atoms with Gasteiger partial charge in [-0.2, -0.15) is 0 Å². The monoisotopic (exact) mass is 377 g/mol. The van der Waals surface area contributed by atoms with Crippen LogP contribution in [-0.4, -0.2) is 36.8 Å². The molecule has 0 aliphatic rings. The van der Waals surface area contributed by atoms with Crippen molar-refractivity contribution in [1.29, 1.82) is 0 Å². The van der Waals surface area contributed by atoms with E-state index in [2.05, 4.69) is 5.32 Å². The number of anilines is 1. The van der Waals surface area contributed by atoms with Gasteiger partial charge in [-0.05, 0) is 42.8 Å². The van der Waals surface area contributed by atoms with Crippen molar-refractivity contribution in [2.75, 3.05) is 19.0 Å². The van der Waals surface area contributed by atoms with Gasteiger partial charge in [-0.1, -0.05) is 23.7 Å². The molecule has 0 spiro atoms. The molecule has 0 aliphatic carbocycles. The normalized spacial score (nSPS) is 11.7. The van der Waals surface area contributed by atoms with E-state index in [1.54, 1.807) is 37.4 Å². The number of benzene rings is 2. The highest BCUT2D eigenvalue weighted by Crippen LogP contribution is 2.29. The fourth-order valence-electron chi connectivity index (χ4n) is 2.38. The molecule has 2 aromatic carbocycles. The number of hydrogen-bond donors (Lipinski definition) is 2. The Morgan fingerprint density at radius 1 is 1.23 bits per heavy atom. The van der Waals surface area contributed by atoms with E-state index in [9.17, 15) is 9.59 Å². The van der Waals surface area contributed by atoms with Crippen LogP contribution in [0, 0.1) is 0 Å². The number of carbonyl (C=O) groups excluding carboxylic acids is 1. The van der Waals surface area contributed by atoms with Crippen LogP contribution < -0.4 is 10.1 Å². The van der Waals surface area contributed by atoms with Gasteiger partial charge < -0.3 is 19.9 Å². The molecule has 0 bridgehead atoms. The number of methoxy groups -OCH3 is 1. The lowest BCUT2D eigenvalue weighted by Gasteiger charge is -2.17. The van der Waals surface area contributed by atoms with E-state index in [-0.39, 0.29) is 24.0 Å². The van der Waals surface area contributed by atoms with E-state index < -0.39 is 5.97 Å². The average Bonchev–Trinajstić information content (AvgIpc) is 2.57. The van der Waals surface area contributed by atoms with Crippen molar-refractivity contribution in [2.45, 2.75) is 19.4 Å². The summed E-state index contributed by atoms with van der Waals surface area (Å²) in [6.45, 7) is 2.25. The summed E-state index contributed by atoms with van der Waals surface area (Å²) in [4.78, 5) is 23.4. The number of nitrogens with one attached hydrogen (secondary N) is 1. The molecule has 0 aliphatic heterocycles. The number of carbonyl (C=O) groups is 2. The van der Waals surface area contributed by atoms with E-state index in [4.69, 9.17) is 26.2 Å². The topological polar surface area (TPSA) is 84.9 Å². The Balaban J connectivity index is 2.11. The maximum Gasteiger partial charge on any atom is 0.335 e. The first kappa shape index (κ1) is 19.8. The third kappa shape index (κ3) is 5.75. The van der Waals surface area contributed by atoms with Gasteiger partial charge >= 0.3 is 5.97 Å². The number of amides is 1. The molecule has 26 heavy (non-hydrogen) atoms. The van der Waals surface area contributed by atoms with Crippen LogP contribution >= 0.6 is 11.6 Å². The number of halogens is 1. The predicted octanol–water partition coefficient (Wildman–Crippen LogP) is 3.63. The second kappa shape index (κ2) is 9.22. The largest absolute Gasteiger partial charge is 0.486 e. The number of aromatic carboxylic acids is 1. The minimum Gasteiger partial charge on any atom is -0.486 e. The van der Waals surface area contributed by atoms with Crippen LogP contribution in [-0.2, 0) is 16.0 Å². The number of rotatable bonds is 8. The fraction of sp³-hybridized carbons (Fsp3) is 0.263. The minimum absolute atomic E-state index is 0.0285. The Kier molecular flexibility index (Phi) is 7.00. The summed E-state index contributed by atoms with van der Waals surface area (Å²) in [6.07, 6.45) is -0.176. The molecule has 0 saturated carbocycles. The predicted molar refractivity (Wildman–Crippen MR) is 99.2 cm³/mol. The molecule has 2 aromatic rings. The molecule has 7 heteroatoms. The second-order valence-corrected chi connectivity index (χ2v) is 6.19. The first-order valence-electron chi connectivity index (χ1n) is 7.96.